The molecular formula is C16H21N5. The number of nitrogens with one attached hydrogen (secondary N) is 1. The summed E-state index contributed by atoms with van der Waals surface area (Å²) in [5.74, 6) is 2.33. The zero-order valence-corrected chi connectivity index (χ0v) is 12.4. The number of piperidine rings is 1. The van der Waals surface area contributed by atoms with Crippen LogP contribution in [0.2, 0.25) is 0 Å². The molecular weight excluding hydrogens is 262 g/mol. The summed E-state index contributed by atoms with van der Waals surface area (Å²) >= 11 is 0. The topological polar surface area (TPSA) is 53.9 Å². The van der Waals surface area contributed by atoms with E-state index in [1.54, 1.807) is 6.20 Å². The minimum absolute atomic E-state index is 0.593. The zero-order chi connectivity index (χ0) is 14.5. The van der Waals surface area contributed by atoms with Crippen molar-refractivity contribution in [3.63, 3.8) is 0 Å². The number of hydrogen-bond donors (Lipinski definition) is 1. The first kappa shape index (κ1) is 13.8. The van der Waals surface area contributed by atoms with Gasteiger partial charge in [0.05, 0.1) is 6.20 Å². The van der Waals surface area contributed by atoms with Crippen LogP contribution >= 0.6 is 0 Å². The number of nitrogens with zero attached hydrogens (tertiary/aromatic N) is 4. The highest BCUT2D eigenvalue weighted by Crippen LogP contribution is 2.21. The molecule has 0 saturated carbocycles. The molecule has 21 heavy (non-hydrogen) atoms. The van der Waals surface area contributed by atoms with E-state index in [-0.39, 0.29) is 0 Å². The van der Waals surface area contributed by atoms with Crippen LogP contribution in [0.25, 0.3) is 0 Å². The third-order valence-corrected chi connectivity index (χ3v) is 3.95. The van der Waals surface area contributed by atoms with Gasteiger partial charge in [-0.1, -0.05) is 37.3 Å². The van der Waals surface area contributed by atoms with E-state index in [0.717, 1.165) is 24.8 Å². The van der Waals surface area contributed by atoms with Gasteiger partial charge in [0, 0.05) is 19.6 Å². The van der Waals surface area contributed by atoms with Crippen molar-refractivity contribution in [2.24, 2.45) is 5.92 Å². The van der Waals surface area contributed by atoms with Crippen LogP contribution in [0.1, 0.15) is 25.3 Å². The molecule has 1 fully saturated rings. The van der Waals surface area contributed by atoms with Gasteiger partial charge >= 0.3 is 0 Å². The van der Waals surface area contributed by atoms with Crippen LogP contribution in [-0.2, 0) is 6.54 Å². The number of benzene rings is 1. The smallest absolute Gasteiger partial charge is 0.244 e. The van der Waals surface area contributed by atoms with Gasteiger partial charge in [-0.05, 0) is 24.3 Å². The normalized spacial score (nSPS) is 16.0. The van der Waals surface area contributed by atoms with E-state index in [9.17, 15) is 0 Å². The van der Waals surface area contributed by atoms with Crippen molar-refractivity contribution in [2.45, 2.75) is 26.3 Å². The van der Waals surface area contributed by atoms with Gasteiger partial charge in [-0.2, -0.15) is 10.1 Å². The van der Waals surface area contributed by atoms with Crippen molar-refractivity contribution in [1.82, 2.24) is 15.2 Å². The standard InChI is InChI=1S/C16H21N5/c1-13-7-9-21(10-8-13)15-12-18-20-16(19-15)17-11-14-5-3-2-4-6-14/h2-6,12-13H,7-11H2,1H3,(H,17,19,20). The maximum atomic E-state index is 4.58. The van der Waals surface area contributed by atoms with E-state index in [1.165, 1.54) is 18.4 Å². The van der Waals surface area contributed by atoms with Gasteiger partial charge in [-0.25, -0.2) is 0 Å². The minimum Gasteiger partial charge on any atom is -0.355 e. The maximum absolute atomic E-state index is 4.58. The SMILES string of the molecule is CC1CCN(c2cnnc(NCc3ccccc3)n2)CC1. The fourth-order valence-electron chi connectivity index (χ4n) is 2.54. The van der Waals surface area contributed by atoms with E-state index in [0.29, 0.717) is 12.5 Å². The van der Waals surface area contributed by atoms with Crippen molar-refractivity contribution in [1.29, 1.82) is 0 Å². The molecule has 1 N–H and O–H groups in total. The van der Waals surface area contributed by atoms with E-state index in [2.05, 4.69) is 44.5 Å². The predicted octanol–water partition coefficient (Wildman–Crippen LogP) is 2.72. The molecule has 1 aliphatic heterocycles. The number of hydrogen-bond acceptors (Lipinski definition) is 5. The van der Waals surface area contributed by atoms with E-state index in [1.807, 2.05) is 18.2 Å². The van der Waals surface area contributed by atoms with Crippen LogP contribution < -0.4 is 10.2 Å². The molecule has 2 aromatic rings. The van der Waals surface area contributed by atoms with Crippen molar-refractivity contribution >= 4 is 11.8 Å². The summed E-state index contributed by atoms with van der Waals surface area (Å²) in [5.41, 5.74) is 1.21. The van der Waals surface area contributed by atoms with Crippen LogP contribution in [0.3, 0.4) is 0 Å². The molecule has 5 nitrogen and oxygen atoms in total. The van der Waals surface area contributed by atoms with Crippen LogP contribution in [0.4, 0.5) is 11.8 Å². The Labute approximate surface area is 125 Å². The number of rotatable bonds is 4. The minimum atomic E-state index is 0.593. The second-order valence-corrected chi connectivity index (χ2v) is 5.65. The summed E-state index contributed by atoms with van der Waals surface area (Å²) in [5, 5.41) is 11.4. The lowest BCUT2D eigenvalue weighted by atomic mass is 9.99. The summed E-state index contributed by atoms with van der Waals surface area (Å²) in [6.07, 6.45) is 4.19. The monoisotopic (exact) mass is 283 g/mol. The summed E-state index contributed by atoms with van der Waals surface area (Å²) < 4.78 is 0. The van der Waals surface area contributed by atoms with E-state index >= 15 is 0 Å². The van der Waals surface area contributed by atoms with Gasteiger partial charge in [0.15, 0.2) is 5.82 Å². The Hall–Kier alpha value is -2.17. The molecule has 1 aliphatic rings. The Kier molecular flexibility index (Phi) is 4.28. The number of anilines is 2. The van der Waals surface area contributed by atoms with Gasteiger partial charge in [-0.3, -0.25) is 0 Å². The molecule has 1 aromatic heterocycles. The molecule has 0 bridgehead atoms. The second-order valence-electron chi connectivity index (χ2n) is 5.65. The first-order chi connectivity index (χ1) is 10.3. The highest BCUT2D eigenvalue weighted by molar-refractivity contribution is 5.40. The van der Waals surface area contributed by atoms with Crippen LogP contribution in [0.15, 0.2) is 36.5 Å². The Balaban J connectivity index is 1.63. The van der Waals surface area contributed by atoms with Crippen molar-refractivity contribution in [3.05, 3.63) is 42.1 Å². The second kappa shape index (κ2) is 6.52. The largest absolute Gasteiger partial charge is 0.355 e. The van der Waals surface area contributed by atoms with Crippen molar-refractivity contribution in [2.75, 3.05) is 23.3 Å². The first-order valence-electron chi connectivity index (χ1n) is 7.54. The first-order valence-corrected chi connectivity index (χ1v) is 7.54. The number of aromatic nitrogens is 3. The van der Waals surface area contributed by atoms with Gasteiger partial charge in [0.25, 0.3) is 0 Å². The highest BCUT2D eigenvalue weighted by Gasteiger charge is 2.17. The highest BCUT2D eigenvalue weighted by atomic mass is 15.3. The van der Waals surface area contributed by atoms with Gasteiger partial charge in [-0.15, -0.1) is 5.10 Å². The van der Waals surface area contributed by atoms with Gasteiger partial charge < -0.3 is 10.2 Å². The molecule has 3 rings (SSSR count). The summed E-state index contributed by atoms with van der Waals surface area (Å²) in [4.78, 5) is 6.87. The van der Waals surface area contributed by atoms with Gasteiger partial charge in [0.2, 0.25) is 5.95 Å². The lowest BCUT2D eigenvalue weighted by Crippen LogP contribution is -2.33. The maximum Gasteiger partial charge on any atom is 0.244 e. The van der Waals surface area contributed by atoms with Crippen LogP contribution in [0.5, 0.6) is 0 Å². The third-order valence-electron chi connectivity index (χ3n) is 3.95. The van der Waals surface area contributed by atoms with Crippen LogP contribution in [0, 0.1) is 5.92 Å². The quantitative estimate of drug-likeness (QED) is 0.935. The summed E-state index contributed by atoms with van der Waals surface area (Å²) in [7, 11) is 0. The molecule has 1 aromatic carbocycles. The molecule has 2 heterocycles. The van der Waals surface area contributed by atoms with Crippen molar-refractivity contribution in [3.8, 4) is 0 Å². The molecule has 0 amide bonds. The fraction of sp³-hybridized carbons (Fsp3) is 0.438. The third kappa shape index (κ3) is 3.68. The fourth-order valence-corrected chi connectivity index (χ4v) is 2.54. The molecule has 0 atom stereocenters. The van der Waals surface area contributed by atoms with Crippen molar-refractivity contribution < 1.29 is 0 Å². The Morgan fingerprint density at radius 1 is 1.19 bits per heavy atom. The Bertz CT molecular complexity index is 564. The lowest BCUT2D eigenvalue weighted by Gasteiger charge is -2.30. The average Bonchev–Trinajstić information content (AvgIpc) is 2.55. The lowest BCUT2D eigenvalue weighted by molar-refractivity contribution is 0.436. The van der Waals surface area contributed by atoms with Crippen LogP contribution in [-0.4, -0.2) is 28.3 Å². The zero-order valence-electron chi connectivity index (χ0n) is 12.4. The molecule has 0 radical (unpaired) electrons. The van der Waals surface area contributed by atoms with Gasteiger partial charge in [0.1, 0.15) is 0 Å². The Morgan fingerprint density at radius 2 is 1.95 bits per heavy atom. The molecule has 110 valence electrons. The molecule has 0 unspecified atom stereocenters. The van der Waals surface area contributed by atoms with E-state index < -0.39 is 0 Å². The Morgan fingerprint density at radius 3 is 2.71 bits per heavy atom. The molecule has 0 spiro atoms. The molecule has 5 heteroatoms. The molecule has 1 saturated heterocycles. The predicted molar refractivity (Wildman–Crippen MR) is 84.2 cm³/mol. The summed E-state index contributed by atoms with van der Waals surface area (Å²) in [6.45, 7) is 5.13. The average molecular weight is 283 g/mol. The summed E-state index contributed by atoms with van der Waals surface area (Å²) in [6, 6.07) is 10.2. The van der Waals surface area contributed by atoms with E-state index in [4.69, 9.17) is 0 Å². The molecule has 0 aliphatic carbocycles.